The van der Waals surface area contributed by atoms with Gasteiger partial charge >= 0.3 is 0 Å². The van der Waals surface area contributed by atoms with E-state index >= 15 is 0 Å². The van der Waals surface area contributed by atoms with E-state index in [9.17, 15) is 13.2 Å². The zero-order valence-electron chi connectivity index (χ0n) is 16.6. The van der Waals surface area contributed by atoms with Crippen molar-refractivity contribution in [2.45, 2.75) is 32.6 Å². The van der Waals surface area contributed by atoms with Crippen molar-refractivity contribution in [1.82, 2.24) is 24.1 Å². The van der Waals surface area contributed by atoms with Crippen molar-refractivity contribution in [2.24, 2.45) is 13.0 Å². The monoisotopic (exact) mass is 404 g/mol. The zero-order valence-corrected chi connectivity index (χ0v) is 17.4. The first-order valence-corrected chi connectivity index (χ1v) is 10.6. The maximum absolute atomic E-state index is 12.8. The third-order valence-electron chi connectivity index (χ3n) is 4.67. The first-order valence-electron chi connectivity index (χ1n) is 9.14. The van der Waals surface area contributed by atoms with Crippen LogP contribution in [-0.2, 0) is 21.9 Å². The number of carbonyl (C=O) groups excluding carboxylic acids is 1. The van der Waals surface area contributed by atoms with Gasteiger partial charge in [0.2, 0.25) is 15.9 Å². The van der Waals surface area contributed by atoms with E-state index in [4.69, 9.17) is 0 Å². The molecule has 1 aromatic carbocycles. The van der Waals surface area contributed by atoms with E-state index in [0.717, 1.165) is 5.52 Å². The molecule has 1 N–H and O–H groups in total. The van der Waals surface area contributed by atoms with Gasteiger partial charge in [0.1, 0.15) is 5.52 Å². The van der Waals surface area contributed by atoms with Crippen molar-refractivity contribution >= 4 is 43.9 Å². The molecule has 1 amide bonds. The van der Waals surface area contributed by atoms with Gasteiger partial charge in [-0.25, -0.2) is 8.42 Å². The normalized spacial score (nSPS) is 12.4. The van der Waals surface area contributed by atoms with Crippen LogP contribution < -0.4 is 5.32 Å². The molecule has 0 atom stereocenters. The van der Waals surface area contributed by atoms with Crippen molar-refractivity contribution in [3.8, 4) is 0 Å². The highest BCUT2D eigenvalue weighted by Crippen LogP contribution is 2.29. The number of fused-ring (bicyclic) bond motifs is 3. The Morgan fingerprint density at radius 1 is 1.21 bits per heavy atom. The Morgan fingerprint density at radius 2 is 1.89 bits per heavy atom. The fourth-order valence-electron chi connectivity index (χ4n) is 3.02. The molecule has 150 valence electrons. The maximum atomic E-state index is 12.8. The summed E-state index contributed by atoms with van der Waals surface area (Å²) in [7, 11) is -1.78. The van der Waals surface area contributed by atoms with Gasteiger partial charge in [0.25, 0.3) is 5.95 Å². The summed E-state index contributed by atoms with van der Waals surface area (Å²) in [5.74, 6) is -0.291. The molecule has 0 radical (unpaired) electrons. The van der Waals surface area contributed by atoms with Gasteiger partial charge in [-0.3, -0.25) is 10.1 Å². The summed E-state index contributed by atoms with van der Waals surface area (Å²) < 4.78 is 28.9. The summed E-state index contributed by atoms with van der Waals surface area (Å²) in [6, 6.07) is 4.93. The molecule has 3 aromatic rings. The molecule has 0 aliphatic carbocycles. The predicted molar refractivity (Wildman–Crippen MR) is 107 cm³/mol. The Kier molecular flexibility index (Phi) is 5.35. The number of aromatic nitrogens is 4. The lowest BCUT2D eigenvalue weighted by Gasteiger charge is -2.18. The molecule has 9 nitrogen and oxygen atoms in total. The van der Waals surface area contributed by atoms with Gasteiger partial charge in [0, 0.05) is 31.4 Å². The second-order valence-corrected chi connectivity index (χ2v) is 8.72. The largest absolute Gasteiger partial charge is 0.327 e. The first kappa shape index (κ1) is 20.2. The van der Waals surface area contributed by atoms with Crippen LogP contribution in [0.5, 0.6) is 0 Å². The minimum absolute atomic E-state index is 0.119. The van der Waals surface area contributed by atoms with Crippen LogP contribution in [0.15, 0.2) is 23.1 Å². The van der Waals surface area contributed by atoms with Crippen LogP contribution in [0, 0.1) is 5.92 Å². The fraction of sp³-hybridized carbons (Fsp3) is 0.444. The van der Waals surface area contributed by atoms with E-state index in [-0.39, 0.29) is 22.7 Å². The van der Waals surface area contributed by atoms with Crippen molar-refractivity contribution < 1.29 is 13.2 Å². The van der Waals surface area contributed by atoms with Gasteiger partial charge in [-0.15, -0.1) is 10.2 Å². The molecule has 0 aliphatic heterocycles. The molecule has 10 heteroatoms. The molecule has 28 heavy (non-hydrogen) atoms. The molecule has 3 rings (SSSR count). The van der Waals surface area contributed by atoms with Crippen LogP contribution >= 0.6 is 0 Å². The number of hydrogen-bond donors (Lipinski definition) is 1. The molecule has 0 saturated carbocycles. The summed E-state index contributed by atoms with van der Waals surface area (Å²) >= 11 is 0. The van der Waals surface area contributed by atoms with Crippen LogP contribution in [-0.4, -0.2) is 51.5 Å². The molecule has 0 aliphatic rings. The number of amides is 1. The van der Waals surface area contributed by atoms with Crippen LogP contribution in [0.3, 0.4) is 0 Å². The minimum Gasteiger partial charge on any atom is -0.327 e. The van der Waals surface area contributed by atoms with E-state index in [0.29, 0.717) is 29.6 Å². The number of sulfonamides is 1. The molecule has 2 aromatic heterocycles. The zero-order chi connectivity index (χ0) is 20.6. The van der Waals surface area contributed by atoms with Crippen LogP contribution in [0.25, 0.3) is 22.1 Å². The molecule has 2 heterocycles. The Hall–Kier alpha value is -2.59. The molecule has 0 fully saturated rings. The van der Waals surface area contributed by atoms with Crippen LogP contribution in [0.2, 0.25) is 0 Å². The maximum Gasteiger partial charge on any atom is 0.251 e. The second-order valence-electron chi connectivity index (χ2n) is 6.78. The standard InChI is InChI=1S/C18H24N6O3S/c1-6-24(7-2)28(26,27)12-8-9-14-13(10-12)15-16(23(14)5)19-18(22-21-15)20-17(25)11(3)4/h8-11H,6-7H2,1-5H3,(H,19,20,22,25). The van der Waals surface area contributed by atoms with E-state index in [1.54, 1.807) is 50.5 Å². The Bertz CT molecular complexity index is 1150. The Morgan fingerprint density at radius 3 is 2.50 bits per heavy atom. The average molecular weight is 404 g/mol. The van der Waals surface area contributed by atoms with Crippen LogP contribution in [0.4, 0.5) is 5.95 Å². The summed E-state index contributed by atoms with van der Waals surface area (Å²) in [5.41, 5.74) is 1.78. The first-order chi connectivity index (χ1) is 13.2. The van der Waals surface area contributed by atoms with Crippen molar-refractivity contribution in [3.63, 3.8) is 0 Å². The van der Waals surface area contributed by atoms with Gasteiger partial charge in [-0.2, -0.15) is 9.29 Å². The summed E-state index contributed by atoms with van der Waals surface area (Å²) in [5, 5.41) is 11.5. The lowest BCUT2D eigenvalue weighted by atomic mass is 10.2. The summed E-state index contributed by atoms with van der Waals surface area (Å²) in [6.45, 7) is 7.95. The third kappa shape index (κ3) is 3.33. The van der Waals surface area contributed by atoms with Gasteiger partial charge in [-0.05, 0) is 18.2 Å². The molecule has 0 bridgehead atoms. The predicted octanol–water partition coefficient (Wildman–Crippen LogP) is 2.14. The quantitative estimate of drug-likeness (QED) is 0.674. The number of benzene rings is 1. The number of aryl methyl sites for hydroxylation is 1. The molecule has 0 spiro atoms. The van der Waals surface area contributed by atoms with E-state index < -0.39 is 10.0 Å². The smallest absolute Gasteiger partial charge is 0.251 e. The number of hydrogen-bond acceptors (Lipinski definition) is 6. The summed E-state index contributed by atoms with van der Waals surface area (Å²) in [4.78, 5) is 16.5. The number of carbonyl (C=O) groups is 1. The van der Waals surface area contributed by atoms with E-state index in [1.807, 2.05) is 7.05 Å². The van der Waals surface area contributed by atoms with Crippen molar-refractivity contribution in [1.29, 1.82) is 0 Å². The lowest BCUT2D eigenvalue weighted by Crippen LogP contribution is -2.30. The SMILES string of the molecule is CCN(CC)S(=O)(=O)c1ccc2c(c1)c1nnc(NC(=O)C(C)C)nc1n2C. The number of nitrogens with zero attached hydrogens (tertiary/aromatic N) is 5. The van der Waals surface area contributed by atoms with Gasteiger partial charge in [0.15, 0.2) is 5.65 Å². The second kappa shape index (κ2) is 7.44. The van der Waals surface area contributed by atoms with Crippen molar-refractivity contribution in [2.75, 3.05) is 18.4 Å². The number of rotatable bonds is 6. The molecular weight excluding hydrogens is 380 g/mol. The highest BCUT2D eigenvalue weighted by Gasteiger charge is 2.23. The highest BCUT2D eigenvalue weighted by atomic mass is 32.2. The van der Waals surface area contributed by atoms with Crippen molar-refractivity contribution in [3.05, 3.63) is 18.2 Å². The fourth-order valence-corrected chi connectivity index (χ4v) is 4.50. The topological polar surface area (TPSA) is 110 Å². The minimum atomic E-state index is -3.59. The summed E-state index contributed by atoms with van der Waals surface area (Å²) in [6.07, 6.45) is 0. The Balaban J connectivity index is 2.14. The number of nitrogens with one attached hydrogen (secondary N) is 1. The number of anilines is 1. The Labute approximate surface area is 163 Å². The van der Waals surface area contributed by atoms with Gasteiger partial charge in [-0.1, -0.05) is 27.7 Å². The molecular formula is C18H24N6O3S. The van der Waals surface area contributed by atoms with E-state index in [1.165, 1.54) is 4.31 Å². The highest BCUT2D eigenvalue weighted by molar-refractivity contribution is 7.89. The lowest BCUT2D eigenvalue weighted by molar-refractivity contribution is -0.118. The van der Waals surface area contributed by atoms with Gasteiger partial charge in [0.05, 0.1) is 10.4 Å². The van der Waals surface area contributed by atoms with E-state index in [2.05, 4.69) is 20.5 Å². The molecule has 0 saturated heterocycles. The van der Waals surface area contributed by atoms with Gasteiger partial charge < -0.3 is 4.57 Å². The molecule has 0 unspecified atom stereocenters. The average Bonchev–Trinajstić information content (AvgIpc) is 2.94. The third-order valence-corrected chi connectivity index (χ3v) is 6.72. The van der Waals surface area contributed by atoms with Crippen LogP contribution in [0.1, 0.15) is 27.7 Å².